The summed E-state index contributed by atoms with van der Waals surface area (Å²) in [5.41, 5.74) is 2.25. The van der Waals surface area contributed by atoms with Gasteiger partial charge in [-0.2, -0.15) is 0 Å². The number of hydrogen-bond donors (Lipinski definition) is 1. The second-order valence-corrected chi connectivity index (χ2v) is 6.10. The van der Waals surface area contributed by atoms with Gasteiger partial charge in [0.05, 0.1) is 10.6 Å². The Morgan fingerprint density at radius 3 is 2.48 bits per heavy atom. The lowest BCUT2D eigenvalue weighted by Crippen LogP contribution is -2.48. The first-order chi connectivity index (χ1) is 12.2. The van der Waals surface area contributed by atoms with Crippen LogP contribution in [-0.2, 0) is 6.54 Å². The van der Waals surface area contributed by atoms with E-state index in [9.17, 15) is 10.1 Å². The quantitative estimate of drug-likeness (QED) is 0.471. The molecule has 1 aromatic heterocycles. The van der Waals surface area contributed by atoms with Crippen LogP contribution in [0.3, 0.4) is 0 Å². The molecule has 1 N–H and O–H groups in total. The van der Waals surface area contributed by atoms with Crippen LogP contribution in [0, 0.1) is 10.1 Å². The summed E-state index contributed by atoms with van der Waals surface area (Å²) in [4.78, 5) is 19.4. The monoisotopic (exact) mass is 341 g/mol. The van der Waals surface area contributed by atoms with E-state index >= 15 is 0 Å². The highest BCUT2D eigenvalue weighted by Crippen LogP contribution is 2.20. The molecule has 0 unspecified atom stereocenters. The largest absolute Gasteiger partial charge is 0.369 e. The second kappa shape index (κ2) is 8.55. The van der Waals surface area contributed by atoms with Crippen molar-refractivity contribution in [3.05, 3.63) is 64.5 Å². The van der Waals surface area contributed by atoms with E-state index in [0.29, 0.717) is 0 Å². The Morgan fingerprint density at radius 1 is 1.08 bits per heavy atom. The van der Waals surface area contributed by atoms with Crippen molar-refractivity contribution in [2.24, 2.45) is 0 Å². The Bertz CT molecular complexity index is 670. The number of rotatable bonds is 7. The number of pyridine rings is 1. The van der Waals surface area contributed by atoms with Crippen LogP contribution in [0.5, 0.6) is 0 Å². The van der Waals surface area contributed by atoms with Crippen molar-refractivity contribution in [1.29, 1.82) is 0 Å². The Hall–Kier alpha value is -2.51. The number of non-ortho nitro benzene ring substituents is 1. The third-order valence-electron chi connectivity index (χ3n) is 4.44. The summed E-state index contributed by atoms with van der Waals surface area (Å²) in [6, 6.07) is 12.8. The fraction of sp³-hybridized carbons (Fsp3) is 0.389. The third kappa shape index (κ3) is 4.98. The first-order valence-corrected chi connectivity index (χ1v) is 8.55. The van der Waals surface area contributed by atoms with E-state index in [2.05, 4.69) is 20.1 Å². The van der Waals surface area contributed by atoms with Gasteiger partial charge in [0.25, 0.3) is 5.69 Å². The summed E-state index contributed by atoms with van der Waals surface area (Å²) < 4.78 is 0. The molecule has 1 aliphatic heterocycles. The smallest absolute Gasteiger partial charge is 0.269 e. The molecule has 132 valence electrons. The van der Waals surface area contributed by atoms with Gasteiger partial charge in [0.15, 0.2) is 0 Å². The zero-order valence-electron chi connectivity index (χ0n) is 14.2. The van der Waals surface area contributed by atoms with E-state index in [4.69, 9.17) is 0 Å². The van der Waals surface area contributed by atoms with E-state index in [1.54, 1.807) is 12.1 Å². The van der Waals surface area contributed by atoms with Crippen molar-refractivity contribution in [2.75, 3.05) is 44.2 Å². The zero-order valence-corrected chi connectivity index (χ0v) is 14.2. The summed E-state index contributed by atoms with van der Waals surface area (Å²) in [5.74, 6) is 0. The normalized spacial score (nSPS) is 15.3. The molecule has 1 saturated heterocycles. The van der Waals surface area contributed by atoms with Gasteiger partial charge in [-0.1, -0.05) is 6.07 Å². The van der Waals surface area contributed by atoms with Crippen molar-refractivity contribution in [1.82, 2.24) is 15.2 Å². The highest BCUT2D eigenvalue weighted by atomic mass is 16.6. The fourth-order valence-electron chi connectivity index (χ4n) is 2.97. The SMILES string of the molecule is O=[N+]([O-])c1ccc(N2CCN(CCNCc3ccccn3)CC2)cc1. The molecule has 3 rings (SSSR count). The molecule has 0 saturated carbocycles. The maximum atomic E-state index is 10.7. The van der Waals surface area contributed by atoms with E-state index in [-0.39, 0.29) is 10.6 Å². The molecule has 0 amide bonds. The standard InChI is InChI=1S/C18H23N5O2/c24-23(25)18-6-4-17(5-7-18)22-13-11-21(12-14-22)10-9-19-15-16-3-1-2-8-20-16/h1-8,19H,9-15H2. The maximum absolute atomic E-state index is 10.7. The van der Waals surface area contributed by atoms with Gasteiger partial charge < -0.3 is 10.2 Å². The molecule has 1 aliphatic rings. The molecule has 0 bridgehead atoms. The van der Waals surface area contributed by atoms with Crippen LogP contribution in [0.2, 0.25) is 0 Å². The average Bonchev–Trinajstić information content (AvgIpc) is 2.67. The predicted molar refractivity (Wildman–Crippen MR) is 97.7 cm³/mol. The number of nitrogens with one attached hydrogen (secondary N) is 1. The summed E-state index contributed by atoms with van der Waals surface area (Å²) >= 11 is 0. The lowest BCUT2D eigenvalue weighted by Gasteiger charge is -2.36. The van der Waals surface area contributed by atoms with Gasteiger partial charge >= 0.3 is 0 Å². The van der Waals surface area contributed by atoms with Crippen LogP contribution < -0.4 is 10.2 Å². The molecule has 25 heavy (non-hydrogen) atoms. The van der Waals surface area contributed by atoms with Crippen LogP contribution in [0.25, 0.3) is 0 Å². The number of benzene rings is 1. The van der Waals surface area contributed by atoms with Crippen LogP contribution in [-0.4, -0.2) is 54.1 Å². The lowest BCUT2D eigenvalue weighted by molar-refractivity contribution is -0.384. The van der Waals surface area contributed by atoms with Crippen LogP contribution in [0.4, 0.5) is 11.4 Å². The molecule has 0 atom stereocenters. The van der Waals surface area contributed by atoms with Crippen molar-refractivity contribution in [2.45, 2.75) is 6.54 Å². The van der Waals surface area contributed by atoms with Gasteiger partial charge in [-0.15, -0.1) is 0 Å². The van der Waals surface area contributed by atoms with Gasteiger partial charge in [0, 0.05) is 69.8 Å². The number of nitro benzene ring substituents is 1. The van der Waals surface area contributed by atoms with Crippen molar-refractivity contribution in [3.8, 4) is 0 Å². The zero-order chi connectivity index (χ0) is 17.5. The molecule has 2 heterocycles. The first-order valence-electron chi connectivity index (χ1n) is 8.55. The van der Waals surface area contributed by atoms with Crippen LogP contribution in [0.15, 0.2) is 48.7 Å². The van der Waals surface area contributed by atoms with Crippen molar-refractivity contribution in [3.63, 3.8) is 0 Å². The van der Waals surface area contributed by atoms with Crippen LogP contribution in [0.1, 0.15) is 5.69 Å². The van der Waals surface area contributed by atoms with E-state index in [0.717, 1.165) is 57.2 Å². The summed E-state index contributed by atoms with van der Waals surface area (Å²) in [5, 5.41) is 14.1. The number of hydrogen-bond acceptors (Lipinski definition) is 6. The Labute approximate surface area is 147 Å². The van der Waals surface area contributed by atoms with Crippen LogP contribution >= 0.6 is 0 Å². The molecule has 7 heteroatoms. The number of nitro groups is 1. The van der Waals surface area contributed by atoms with Gasteiger partial charge in [0.1, 0.15) is 0 Å². The number of aromatic nitrogens is 1. The Morgan fingerprint density at radius 2 is 1.84 bits per heavy atom. The third-order valence-corrected chi connectivity index (χ3v) is 4.44. The second-order valence-electron chi connectivity index (χ2n) is 6.10. The number of anilines is 1. The van der Waals surface area contributed by atoms with Gasteiger partial charge in [-0.05, 0) is 24.3 Å². The molecule has 0 aliphatic carbocycles. The van der Waals surface area contributed by atoms with Gasteiger partial charge in [-0.25, -0.2) is 0 Å². The molecule has 2 aromatic rings. The number of nitrogens with zero attached hydrogens (tertiary/aromatic N) is 4. The molecular weight excluding hydrogens is 318 g/mol. The summed E-state index contributed by atoms with van der Waals surface area (Å²) in [6.45, 7) is 6.64. The van der Waals surface area contributed by atoms with Crippen molar-refractivity contribution >= 4 is 11.4 Å². The highest BCUT2D eigenvalue weighted by Gasteiger charge is 2.17. The lowest BCUT2D eigenvalue weighted by atomic mass is 10.2. The molecule has 7 nitrogen and oxygen atoms in total. The minimum atomic E-state index is -0.361. The van der Waals surface area contributed by atoms with Crippen molar-refractivity contribution < 1.29 is 4.92 Å². The Balaban J connectivity index is 1.37. The topological polar surface area (TPSA) is 74.5 Å². The molecule has 1 fully saturated rings. The average molecular weight is 341 g/mol. The van der Waals surface area contributed by atoms with E-state index in [1.165, 1.54) is 0 Å². The summed E-state index contributed by atoms with van der Waals surface area (Å²) in [7, 11) is 0. The molecular formula is C18H23N5O2. The maximum Gasteiger partial charge on any atom is 0.269 e. The number of piperazine rings is 1. The highest BCUT2D eigenvalue weighted by molar-refractivity contribution is 5.51. The Kier molecular flexibility index (Phi) is 5.92. The van der Waals surface area contributed by atoms with Gasteiger partial charge in [-0.3, -0.25) is 20.0 Å². The predicted octanol–water partition coefficient (Wildman–Crippen LogP) is 1.90. The molecule has 1 aromatic carbocycles. The molecule has 0 spiro atoms. The fourth-order valence-corrected chi connectivity index (χ4v) is 2.97. The molecule has 0 radical (unpaired) electrons. The first kappa shape index (κ1) is 17.3. The van der Waals surface area contributed by atoms with Gasteiger partial charge in [0.2, 0.25) is 0 Å². The minimum absolute atomic E-state index is 0.140. The van der Waals surface area contributed by atoms with E-state index < -0.39 is 0 Å². The minimum Gasteiger partial charge on any atom is -0.369 e. The van der Waals surface area contributed by atoms with E-state index in [1.807, 2.05) is 36.5 Å². The summed E-state index contributed by atoms with van der Waals surface area (Å²) in [6.07, 6.45) is 1.81.